The first-order valence-corrected chi connectivity index (χ1v) is 6.51. The Morgan fingerprint density at radius 2 is 2.31 bits per heavy atom. The number of nitrogens with zero attached hydrogens (tertiary/aromatic N) is 2. The van der Waals surface area contributed by atoms with Gasteiger partial charge in [-0.1, -0.05) is 0 Å². The zero-order chi connectivity index (χ0) is 11.4. The van der Waals surface area contributed by atoms with Gasteiger partial charge in [0.2, 0.25) is 5.01 Å². The van der Waals surface area contributed by atoms with Gasteiger partial charge in [0, 0.05) is 11.9 Å². The molecule has 0 unspecified atom stereocenters. The standard InChI is InChI=1S/C11H16N2O2S/c1-2-15-11(14)10-12-9(8-16-10)7-13-5-3-4-6-13/h8H,2-7H2,1H3. The number of carbonyl (C=O) groups excluding carboxylic acids is 1. The van der Waals surface area contributed by atoms with Crippen LogP contribution in [-0.2, 0) is 11.3 Å². The van der Waals surface area contributed by atoms with Crippen molar-refractivity contribution in [2.75, 3.05) is 19.7 Å². The third-order valence-electron chi connectivity index (χ3n) is 2.59. The Balaban J connectivity index is 1.93. The van der Waals surface area contributed by atoms with E-state index in [1.54, 1.807) is 6.92 Å². The quantitative estimate of drug-likeness (QED) is 0.754. The lowest BCUT2D eigenvalue weighted by Gasteiger charge is -2.11. The number of aromatic nitrogens is 1. The van der Waals surface area contributed by atoms with Crippen molar-refractivity contribution in [1.29, 1.82) is 0 Å². The van der Waals surface area contributed by atoms with E-state index in [1.165, 1.54) is 24.2 Å². The van der Waals surface area contributed by atoms with E-state index >= 15 is 0 Å². The summed E-state index contributed by atoms with van der Waals surface area (Å²) in [5.41, 5.74) is 0.981. The third-order valence-corrected chi connectivity index (χ3v) is 3.46. The molecule has 4 nitrogen and oxygen atoms in total. The first-order valence-electron chi connectivity index (χ1n) is 5.63. The molecule has 1 aromatic heterocycles. The normalized spacial score (nSPS) is 16.6. The fraction of sp³-hybridized carbons (Fsp3) is 0.636. The summed E-state index contributed by atoms with van der Waals surface area (Å²) in [5, 5.41) is 2.42. The molecule has 88 valence electrons. The van der Waals surface area contributed by atoms with Crippen LogP contribution in [0.5, 0.6) is 0 Å². The summed E-state index contributed by atoms with van der Waals surface area (Å²) in [6.45, 7) is 5.35. The van der Waals surface area contributed by atoms with Crippen LogP contribution in [0.3, 0.4) is 0 Å². The largest absolute Gasteiger partial charge is 0.461 e. The summed E-state index contributed by atoms with van der Waals surface area (Å²) < 4.78 is 4.91. The van der Waals surface area contributed by atoms with E-state index in [4.69, 9.17) is 4.74 Å². The summed E-state index contributed by atoms with van der Waals surface area (Å²) in [7, 11) is 0. The highest BCUT2D eigenvalue weighted by atomic mass is 32.1. The summed E-state index contributed by atoms with van der Waals surface area (Å²) in [6.07, 6.45) is 2.55. The second kappa shape index (κ2) is 5.41. The van der Waals surface area contributed by atoms with Crippen molar-refractivity contribution >= 4 is 17.3 Å². The van der Waals surface area contributed by atoms with E-state index in [0.717, 1.165) is 25.3 Å². The maximum Gasteiger partial charge on any atom is 0.367 e. The molecule has 16 heavy (non-hydrogen) atoms. The SMILES string of the molecule is CCOC(=O)c1nc(CN2CCCC2)cs1. The molecule has 1 saturated heterocycles. The molecule has 1 aromatic rings. The van der Waals surface area contributed by atoms with E-state index in [9.17, 15) is 4.79 Å². The molecule has 0 bridgehead atoms. The number of likely N-dealkylation sites (tertiary alicyclic amines) is 1. The molecule has 0 spiro atoms. The zero-order valence-electron chi connectivity index (χ0n) is 9.44. The Hall–Kier alpha value is -0.940. The highest BCUT2D eigenvalue weighted by molar-refractivity contribution is 7.11. The summed E-state index contributed by atoms with van der Waals surface area (Å²) >= 11 is 1.37. The topological polar surface area (TPSA) is 42.4 Å². The van der Waals surface area contributed by atoms with E-state index in [0.29, 0.717) is 11.6 Å². The fourth-order valence-electron chi connectivity index (χ4n) is 1.84. The average Bonchev–Trinajstić information content (AvgIpc) is 2.90. The molecule has 0 amide bonds. The zero-order valence-corrected chi connectivity index (χ0v) is 10.3. The van der Waals surface area contributed by atoms with Gasteiger partial charge in [-0.05, 0) is 32.9 Å². The fourth-order valence-corrected chi connectivity index (χ4v) is 2.54. The second-order valence-electron chi connectivity index (χ2n) is 3.85. The molecule has 2 rings (SSSR count). The van der Waals surface area contributed by atoms with Gasteiger partial charge in [-0.25, -0.2) is 9.78 Å². The van der Waals surface area contributed by atoms with E-state index in [-0.39, 0.29) is 5.97 Å². The molecular formula is C11H16N2O2S. The van der Waals surface area contributed by atoms with Crippen LogP contribution in [0.2, 0.25) is 0 Å². The monoisotopic (exact) mass is 240 g/mol. The molecule has 0 radical (unpaired) electrons. The van der Waals surface area contributed by atoms with E-state index < -0.39 is 0 Å². The number of thiazole rings is 1. The Kier molecular flexibility index (Phi) is 3.90. The first kappa shape index (κ1) is 11.5. The van der Waals surface area contributed by atoms with Crippen molar-refractivity contribution in [2.45, 2.75) is 26.3 Å². The van der Waals surface area contributed by atoms with Gasteiger partial charge in [0.25, 0.3) is 0 Å². The third kappa shape index (κ3) is 2.80. The molecule has 5 heteroatoms. The maximum atomic E-state index is 11.4. The van der Waals surface area contributed by atoms with Crippen molar-refractivity contribution in [3.63, 3.8) is 0 Å². The number of esters is 1. The highest BCUT2D eigenvalue weighted by Crippen LogP contribution is 2.16. The Labute approximate surface area is 99.2 Å². The van der Waals surface area contributed by atoms with Gasteiger partial charge in [-0.3, -0.25) is 4.90 Å². The van der Waals surface area contributed by atoms with Crippen LogP contribution in [0.1, 0.15) is 35.3 Å². The van der Waals surface area contributed by atoms with Gasteiger partial charge in [0.05, 0.1) is 12.3 Å². The van der Waals surface area contributed by atoms with Crippen LogP contribution >= 0.6 is 11.3 Å². The molecule has 0 aliphatic carbocycles. The molecule has 0 atom stereocenters. The van der Waals surface area contributed by atoms with Gasteiger partial charge in [0.1, 0.15) is 0 Å². The molecule has 1 aliphatic rings. The van der Waals surface area contributed by atoms with Crippen molar-refractivity contribution in [1.82, 2.24) is 9.88 Å². The highest BCUT2D eigenvalue weighted by Gasteiger charge is 2.16. The van der Waals surface area contributed by atoms with Gasteiger partial charge >= 0.3 is 5.97 Å². The van der Waals surface area contributed by atoms with Crippen LogP contribution in [0, 0.1) is 0 Å². The Morgan fingerprint density at radius 1 is 1.56 bits per heavy atom. The molecular weight excluding hydrogens is 224 g/mol. The molecule has 2 heterocycles. The minimum absolute atomic E-state index is 0.305. The first-order chi connectivity index (χ1) is 7.79. The number of hydrogen-bond acceptors (Lipinski definition) is 5. The number of ether oxygens (including phenoxy) is 1. The summed E-state index contributed by atoms with van der Waals surface area (Å²) in [5.74, 6) is -0.305. The molecule has 1 fully saturated rings. The molecule has 0 aromatic carbocycles. The van der Waals surface area contributed by atoms with Crippen molar-refractivity contribution in [2.24, 2.45) is 0 Å². The predicted octanol–water partition coefficient (Wildman–Crippen LogP) is 1.92. The summed E-state index contributed by atoms with van der Waals surface area (Å²) in [6, 6.07) is 0. The lowest BCUT2D eigenvalue weighted by molar-refractivity contribution is 0.0525. The van der Waals surface area contributed by atoms with Crippen LogP contribution in [-0.4, -0.2) is 35.5 Å². The van der Waals surface area contributed by atoms with Crippen LogP contribution < -0.4 is 0 Å². The van der Waals surface area contributed by atoms with Gasteiger partial charge in [0.15, 0.2) is 0 Å². The second-order valence-corrected chi connectivity index (χ2v) is 4.71. The Morgan fingerprint density at radius 3 is 3.00 bits per heavy atom. The minimum Gasteiger partial charge on any atom is -0.461 e. The van der Waals surface area contributed by atoms with Crippen molar-refractivity contribution in [3.05, 3.63) is 16.1 Å². The predicted molar refractivity (Wildman–Crippen MR) is 62.6 cm³/mol. The van der Waals surface area contributed by atoms with Gasteiger partial charge < -0.3 is 4.74 Å². The average molecular weight is 240 g/mol. The van der Waals surface area contributed by atoms with E-state index in [1.807, 2.05) is 5.38 Å². The van der Waals surface area contributed by atoms with Gasteiger partial charge in [-0.15, -0.1) is 11.3 Å². The van der Waals surface area contributed by atoms with Crippen LogP contribution in [0.15, 0.2) is 5.38 Å². The van der Waals surface area contributed by atoms with E-state index in [2.05, 4.69) is 9.88 Å². The minimum atomic E-state index is -0.305. The number of hydrogen-bond donors (Lipinski definition) is 0. The number of rotatable bonds is 4. The summed E-state index contributed by atoms with van der Waals surface area (Å²) in [4.78, 5) is 18.1. The lowest BCUT2D eigenvalue weighted by atomic mass is 10.4. The number of carbonyl (C=O) groups is 1. The van der Waals surface area contributed by atoms with Crippen LogP contribution in [0.4, 0.5) is 0 Å². The van der Waals surface area contributed by atoms with Crippen molar-refractivity contribution in [3.8, 4) is 0 Å². The molecule has 0 N–H and O–H groups in total. The maximum absolute atomic E-state index is 11.4. The molecule has 1 aliphatic heterocycles. The van der Waals surface area contributed by atoms with Crippen molar-refractivity contribution < 1.29 is 9.53 Å². The Bertz CT molecular complexity index is 359. The molecule has 0 saturated carbocycles. The van der Waals surface area contributed by atoms with Gasteiger partial charge in [-0.2, -0.15) is 0 Å². The van der Waals surface area contributed by atoms with Crippen LogP contribution in [0.25, 0.3) is 0 Å². The smallest absolute Gasteiger partial charge is 0.367 e. The lowest BCUT2D eigenvalue weighted by Crippen LogP contribution is -2.18.